The second-order valence-corrected chi connectivity index (χ2v) is 3.36. The molecule has 2 atom stereocenters. The number of benzene rings is 1. The number of carboxylic acid groups (broad SMARTS) is 1. The van der Waals surface area contributed by atoms with Crippen molar-refractivity contribution >= 4 is 5.97 Å². The van der Waals surface area contributed by atoms with Gasteiger partial charge < -0.3 is 14.9 Å². The zero-order valence-electron chi connectivity index (χ0n) is 8.68. The van der Waals surface area contributed by atoms with Gasteiger partial charge in [0.15, 0.2) is 0 Å². The molecule has 0 fully saturated rings. The van der Waals surface area contributed by atoms with Gasteiger partial charge in [0.05, 0.1) is 6.10 Å². The first-order valence-electron chi connectivity index (χ1n) is 4.69. The second kappa shape index (κ2) is 4.79. The van der Waals surface area contributed by atoms with Crippen molar-refractivity contribution in [3.8, 4) is 5.75 Å². The summed E-state index contributed by atoms with van der Waals surface area (Å²) in [7, 11) is 0. The first-order chi connectivity index (χ1) is 7.02. The third-order valence-electron chi connectivity index (χ3n) is 2.11. The minimum Gasteiger partial charge on any atom is -0.487 e. The lowest BCUT2D eigenvalue weighted by Crippen LogP contribution is -2.26. The van der Waals surface area contributed by atoms with Crippen LogP contribution < -0.4 is 4.74 Å². The van der Waals surface area contributed by atoms with Crippen molar-refractivity contribution in [2.45, 2.75) is 26.1 Å². The van der Waals surface area contributed by atoms with Gasteiger partial charge in [0, 0.05) is 0 Å². The molecule has 0 saturated heterocycles. The van der Waals surface area contributed by atoms with Crippen molar-refractivity contribution in [2.24, 2.45) is 0 Å². The van der Waals surface area contributed by atoms with E-state index in [9.17, 15) is 9.90 Å². The van der Waals surface area contributed by atoms with E-state index < -0.39 is 18.2 Å². The molecule has 1 aromatic carbocycles. The highest BCUT2D eigenvalue weighted by Gasteiger charge is 2.15. The Bertz CT molecular complexity index is 346. The van der Waals surface area contributed by atoms with E-state index in [0.29, 0.717) is 0 Å². The molecule has 0 aliphatic rings. The third kappa shape index (κ3) is 2.95. The van der Waals surface area contributed by atoms with E-state index in [0.717, 1.165) is 0 Å². The van der Waals surface area contributed by atoms with Crippen LogP contribution in [0.3, 0.4) is 0 Å². The van der Waals surface area contributed by atoms with Gasteiger partial charge in [-0.25, -0.2) is 4.79 Å². The van der Waals surface area contributed by atoms with E-state index in [1.54, 1.807) is 32.0 Å². The highest BCUT2D eigenvalue weighted by molar-refractivity contribution is 5.90. The molecule has 2 N–H and O–H groups in total. The molecule has 0 amide bonds. The van der Waals surface area contributed by atoms with Crippen LogP contribution >= 0.6 is 0 Å². The third-order valence-corrected chi connectivity index (χ3v) is 2.11. The first kappa shape index (κ1) is 11.5. The van der Waals surface area contributed by atoms with Gasteiger partial charge in [0.25, 0.3) is 0 Å². The number of carbonyl (C=O) groups is 1. The Labute approximate surface area is 88.1 Å². The van der Waals surface area contributed by atoms with Crippen LogP contribution in [-0.2, 0) is 0 Å². The van der Waals surface area contributed by atoms with Crippen molar-refractivity contribution in [3.05, 3.63) is 29.8 Å². The molecule has 0 aromatic heterocycles. The molecule has 0 saturated carbocycles. The number of para-hydroxylation sites is 1. The average molecular weight is 210 g/mol. The normalized spacial score (nSPS) is 14.3. The van der Waals surface area contributed by atoms with Gasteiger partial charge in [0.2, 0.25) is 0 Å². The van der Waals surface area contributed by atoms with Crippen LogP contribution in [-0.4, -0.2) is 28.4 Å². The molecular weight excluding hydrogens is 196 g/mol. The maximum Gasteiger partial charge on any atom is 0.339 e. The molecule has 0 heterocycles. The van der Waals surface area contributed by atoms with Crippen LogP contribution in [0, 0.1) is 0 Å². The van der Waals surface area contributed by atoms with Crippen LogP contribution in [0.5, 0.6) is 5.75 Å². The van der Waals surface area contributed by atoms with Crippen molar-refractivity contribution in [2.75, 3.05) is 0 Å². The lowest BCUT2D eigenvalue weighted by Gasteiger charge is -2.18. The summed E-state index contributed by atoms with van der Waals surface area (Å²) in [5.41, 5.74) is 0.102. The molecule has 0 radical (unpaired) electrons. The van der Waals surface area contributed by atoms with Gasteiger partial charge in [-0.3, -0.25) is 0 Å². The highest BCUT2D eigenvalue weighted by atomic mass is 16.5. The number of hydrogen-bond donors (Lipinski definition) is 2. The van der Waals surface area contributed by atoms with Crippen molar-refractivity contribution in [1.82, 2.24) is 0 Å². The van der Waals surface area contributed by atoms with Crippen LogP contribution in [0.4, 0.5) is 0 Å². The predicted octanol–water partition coefficient (Wildman–Crippen LogP) is 1.53. The van der Waals surface area contributed by atoms with Gasteiger partial charge in [-0.2, -0.15) is 0 Å². The van der Waals surface area contributed by atoms with Crippen LogP contribution in [0.2, 0.25) is 0 Å². The second-order valence-electron chi connectivity index (χ2n) is 3.36. The van der Waals surface area contributed by atoms with E-state index in [-0.39, 0.29) is 11.3 Å². The topological polar surface area (TPSA) is 66.8 Å². The average Bonchev–Trinajstić information content (AvgIpc) is 2.18. The minimum absolute atomic E-state index is 0.102. The Morgan fingerprint density at radius 3 is 2.47 bits per heavy atom. The largest absolute Gasteiger partial charge is 0.487 e. The van der Waals surface area contributed by atoms with E-state index in [1.165, 1.54) is 6.07 Å². The number of aliphatic hydroxyl groups is 1. The molecule has 4 heteroatoms. The Hall–Kier alpha value is -1.55. The molecule has 0 spiro atoms. The summed E-state index contributed by atoms with van der Waals surface area (Å²) in [4.78, 5) is 10.8. The highest BCUT2D eigenvalue weighted by Crippen LogP contribution is 2.19. The standard InChI is InChI=1S/C11H14O4/c1-7(12)8(2)15-10-6-4-3-5-9(10)11(13)14/h3-8,12H,1-2H3,(H,13,14). The lowest BCUT2D eigenvalue weighted by atomic mass is 10.2. The molecule has 82 valence electrons. The molecule has 2 unspecified atom stereocenters. The molecule has 0 bridgehead atoms. The number of ether oxygens (including phenoxy) is 1. The number of carboxylic acids is 1. The maximum absolute atomic E-state index is 10.8. The van der Waals surface area contributed by atoms with Crippen LogP contribution in [0.25, 0.3) is 0 Å². The maximum atomic E-state index is 10.8. The van der Waals surface area contributed by atoms with E-state index in [2.05, 4.69) is 0 Å². The zero-order chi connectivity index (χ0) is 11.4. The molecule has 0 aliphatic carbocycles. The van der Waals surface area contributed by atoms with E-state index in [1.807, 2.05) is 0 Å². The van der Waals surface area contributed by atoms with Gasteiger partial charge in [0.1, 0.15) is 17.4 Å². The number of rotatable bonds is 4. The van der Waals surface area contributed by atoms with Crippen molar-refractivity contribution in [1.29, 1.82) is 0 Å². The molecule has 1 rings (SSSR count). The fourth-order valence-electron chi connectivity index (χ4n) is 1.04. The smallest absolute Gasteiger partial charge is 0.339 e. The summed E-state index contributed by atoms with van der Waals surface area (Å²) in [6, 6.07) is 6.36. The summed E-state index contributed by atoms with van der Waals surface area (Å²) >= 11 is 0. The SMILES string of the molecule is CC(O)C(C)Oc1ccccc1C(=O)O. The molecule has 0 aliphatic heterocycles. The summed E-state index contributed by atoms with van der Waals surface area (Å²) < 4.78 is 5.34. The Kier molecular flexibility index (Phi) is 3.68. The van der Waals surface area contributed by atoms with Crippen LogP contribution in [0.15, 0.2) is 24.3 Å². The fourth-order valence-corrected chi connectivity index (χ4v) is 1.04. The van der Waals surface area contributed by atoms with Crippen molar-refractivity contribution in [3.63, 3.8) is 0 Å². The summed E-state index contributed by atoms with van der Waals surface area (Å²) in [5, 5.41) is 18.1. The zero-order valence-corrected chi connectivity index (χ0v) is 8.68. The summed E-state index contributed by atoms with van der Waals surface area (Å²) in [6.07, 6.45) is -1.09. The number of aromatic carboxylic acids is 1. The quantitative estimate of drug-likeness (QED) is 0.790. The monoisotopic (exact) mass is 210 g/mol. The predicted molar refractivity (Wildman–Crippen MR) is 55.2 cm³/mol. The number of aliphatic hydroxyl groups excluding tert-OH is 1. The number of hydrogen-bond acceptors (Lipinski definition) is 3. The van der Waals surface area contributed by atoms with E-state index in [4.69, 9.17) is 9.84 Å². The molecule has 15 heavy (non-hydrogen) atoms. The molecule has 4 nitrogen and oxygen atoms in total. The van der Waals surface area contributed by atoms with E-state index >= 15 is 0 Å². The van der Waals surface area contributed by atoms with Gasteiger partial charge in [-0.15, -0.1) is 0 Å². The lowest BCUT2D eigenvalue weighted by molar-refractivity contribution is 0.0560. The Morgan fingerprint density at radius 2 is 1.93 bits per heavy atom. The van der Waals surface area contributed by atoms with Gasteiger partial charge in [-0.1, -0.05) is 12.1 Å². The first-order valence-corrected chi connectivity index (χ1v) is 4.69. The molecule has 1 aromatic rings. The molecular formula is C11H14O4. The fraction of sp³-hybridized carbons (Fsp3) is 0.364. The Balaban J connectivity index is 2.89. The van der Waals surface area contributed by atoms with Crippen molar-refractivity contribution < 1.29 is 19.7 Å². The van der Waals surface area contributed by atoms with Gasteiger partial charge in [-0.05, 0) is 26.0 Å². The summed E-state index contributed by atoms with van der Waals surface area (Å²) in [6.45, 7) is 3.28. The van der Waals surface area contributed by atoms with Crippen LogP contribution in [0.1, 0.15) is 24.2 Å². The minimum atomic E-state index is -1.04. The summed E-state index contributed by atoms with van der Waals surface area (Å²) in [5.74, 6) is -0.762. The Morgan fingerprint density at radius 1 is 1.33 bits per heavy atom. The van der Waals surface area contributed by atoms with Gasteiger partial charge >= 0.3 is 5.97 Å².